The van der Waals surface area contributed by atoms with Crippen LogP contribution in [0.15, 0.2) is 60.8 Å². The molecule has 1 atom stereocenters. The van der Waals surface area contributed by atoms with Crippen molar-refractivity contribution in [3.05, 3.63) is 60.8 Å². The van der Waals surface area contributed by atoms with Crippen LogP contribution in [0, 0.1) is 0 Å². The number of ether oxygens (including phenoxy) is 3. The SMILES string of the molecule is CCCCC/C=C\C/C=C\CCCCCCCCCCCC(=O)O[C@H](COC(=O)CCC/C=C\C/C=C\C/C=C\CCCCCCCC)COC(=O)CCCCCCCCCCCCCCC. The molecule has 0 rings (SSSR count). The number of esters is 3. The van der Waals surface area contributed by atoms with Gasteiger partial charge in [-0.25, -0.2) is 0 Å². The highest BCUT2D eigenvalue weighted by molar-refractivity contribution is 5.71. The van der Waals surface area contributed by atoms with Gasteiger partial charge in [-0.2, -0.15) is 0 Å². The summed E-state index contributed by atoms with van der Waals surface area (Å²) in [6.07, 6.45) is 69.3. The van der Waals surface area contributed by atoms with E-state index in [1.165, 1.54) is 180 Å². The van der Waals surface area contributed by atoms with Gasteiger partial charge in [0.15, 0.2) is 6.10 Å². The molecule has 0 aromatic heterocycles. The van der Waals surface area contributed by atoms with E-state index in [4.69, 9.17) is 14.2 Å². The fourth-order valence-electron chi connectivity index (χ4n) is 8.14. The van der Waals surface area contributed by atoms with Crippen molar-refractivity contribution in [2.24, 2.45) is 0 Å². The molecule has 0 aromatic rings. The third-order valence-corrected chi connectivity index (χ3v) is 12.5. The Morgan fingerprint density at radius 2 is 0.552 bits per heavy atom. The van der Waals surface area contributed by atoms with Gasteiger partial charge in [-0.1, -0.05) is 248 Å². The summed E-state index contributed by atoms with van der Waals surface area (Å²) in [6.45, 7) is 6.58. The molecular formula is C61H108O6. The van der Waals surface area contributed by atoms with Crippen LogP contribution in [-0.2, 0) is 28.6 Å². The van der Waals surface area contributed by atoms with Crippen molar-refractivity contribution in [1.82, 2.24) is 0 Å². The highest BCUT2D eigenvalue weighted by atomic mass is 16.6. The van der Waals surface area contributed by atoms with E-state index in [-0.39, 0.29) is 37.5 Å². The minimum absolute atomic E-state index is 0.0890. The first-order valence-corrected chi connectivity index (χ1v) is 28.8. The van der Waals surface area contributed by atoms with Gasteiger partial charge >= 0.3 is 17.9 Å². The van der Waals surface area contributed by atoms with Gasteiger partial charge in [0.05, 0.1) is 0 Å². The highest BCUT2D eigenvalue weighted by Crippen LogP contribution is 2.16. The molecule has 0 unspecified atom stereocenters. The molecule has 0 aliphatic rings. The summed E-state index contributed by atoms with van der Waals surface area (Å²) >= 11 is 0. The maximum Gasteiger partial charge on any atom is 0.306 e. The van der Waals surface area contributed by atoms with E-state index in [0.717, 1.165) is 64.2 Å². The fraction of sp³-hybridized carbons (Fsp3) is 0.787. The summed E-state index contributed by atoms with van der Waals surface area (Å²) in [7, 11) is 0. The van der Waals surface area contributed by atoms with E-state index in [9.17, 15) is 14.4 Å². The molecule has 388 valence electrons. The summed E-state index contributed by atoms with van der Waals surface area (Å²) in [4.78, 5) is 38.1. The van der Waals surface area contributed by atoms with E-state index in [1.807, 2.05) is 0 Å². The molecule has 0 bridgehead atoms. The van der Waals surface area contributed by atoms with E-state index in [1.54, 1.807) is 0 Å². The summed E-state index contributed by atoms with van der Waals surface area (Å²) in [6, 6.07) is 0. The van der Waals surface area contributed by atoms with Crippen LogP contribution in [0.3, 0.4) is 0 Å². The number of unbranched alkanes of at least 4 members (excludes halogenated alkanes) is 31. The van der Waals surface area contributed by atoms with Crippen molar-refractivity contribution in [3.63, 3.8) is 0 Å². The second kappa shape index (κ2) is 55.7. The minimum atomic E-state index is -0.795. The molecule has 0 amide bonds. The van der Waals surface area contributed by atoms with E-state index >= 15 is 0 Å². The van der Waals surface area contributed by atoms with Gasteiger partial charge in [0, 0.05) is 19.3 Å². The normalized spacial score (nSPS) is 12.5. The number of rotatable bonds is 52. The molecule has 0 heterocycles. The van der Waals surface area contributed by atoms with Crippen molar-refractivity contribution in [2.75, 3.05) is 13.2 Å². The predicted octanol–water partition coefficient (Wildman–Crippen LogP) is 19.2. The molecule has 0 spiro atoms. The van der Waals surface area contributed by atoms with Crippen LogP contribution in [0.25, 0.3) is 0 Å². The zero-order valence-electron chi connectivity index (χ0n) is 44.4. The van der Waals surface area contributed by atoms with E-state index in [2.05, 4.69) is 81.5 Å². The number of hydrogen-bond donors (Lipinski definition) is 0. The lowest BCUT2D eigenvalue weighted by Crippen LogP contribution is -2.30. The lowest BCUT2D eigenvalue weighted by molar-refractivity contribution is -0.167. The number of carbonyl (C=O) groups excluding carboxylic acids is 3. The monoisotopic (exact) mass is 937 g/mol. The molecular weight excluding hydrogens is 829 g/mol. The summed E-state index contributed by atoms with van der Waals surface area (Å²) < 4.78 is 16.8. The average molecular weight is 938 g/mol. The Labute approximate surface area is 415 Å². The van der Waals surface area contributed by atoms with Gasteiger partial charge < -0.3 is 14.2 Å². The van der Waals surface area contributed by atoms with Crippen molar-refractivity contribution in [3.8, 4) is 0 Å². The van der Waals surface area contributed by atoms with Crippen LogP contribution in [0.1, 0.15) is 290 Å². The van der Waals surface area contributed by atoms with Gasteiger partial charge in [-0.05, 0) is 83.5 Å². The molecule has 0 saturated carbocycles. The third-order valence-electron chi connectivity index (χ3n) is 12.5. The molecule has 0 fully saturated rings. The van der Waals surface area contributed by atoms with Crippen molar-refractivity contribution in [2.45, 2.75) is 297 Å². The number of hydrogen-bond acceptors (Lipinski definition) is 6. The van der Waals surface area contributed by atoms with Crippen molar-refractivity contribution in [1.29, 1.82) is 0 Å². The van der Waals surface area contributed by atoms with Gasteiger partial charge in [-0.3, -0.25) is 14.4 Å². The maximum absolute atomic E-state index is 12.9. The smallest absolute Gasteiger partial charge is 0.306 e. The number of allylic oxidation sites excluding steroid dienone is 10. The second-order valence-corrected chi connectivity index (χ2v) is 19.2. The minimum Gasteiger partial charge on any atom is -0.462 e. The zero-order valence-corrected chi connectivity index (χ0v) is 44.4. The Hall–Kier alpha value is -2.89. The van der Waals surface area contributed by atoms with Crippen LogP contribution in [0.5, 0.6) is 0 Å². The standard InChI is InChI=1S/C61H108O6/c1-4-7-10-13-16-19-22-25-27-29-30-32-34-37-40-43-46-49-52-55-61(64)67-58(56-65-59(62)53-50-47-44-41-38-35-24-21-18-15-12-9-6-3)57-66-60(63)54-51-48-45-42-39-36-33-31-28-26-23-20-17-14-11-8-5-2/h16,19,25-28,33,36,42,45,58H,4-15,17-18,20-24,29-32,34-35,37-41,43-44,46-57H2,1-3H3/b19-16-,27-25-,28-26-,36-33-,45-42-/t58-/m0/s1. The Morgan fingerprint density at radius 3 is 0.925 bits per heavy atom. The molecule has 6 nitrogen and oxygen atoms in total. The van der Waals surface area contributed by atoms with Crippen molar-refractivity contribution < 1.29 is 28.6 Å². The van der Waals surface area contributed by atoms with Crippen LogP contribution in [0.4, 0.5) is 0 Å². The van der Waals surface area contributed by atoms with Gasteiger partial charge in [0.1, 0.15) is 13.2 Å². The Balaban J connectivity index is 4.42. The lowest BCUT2D eigenvalue weighted by atomic mass is 10.0. The summed E-state index contributed by atoms with van der Waals surface area (Å²) in [5, 5.41) is 0. The Kier molecular flexibility index (Phi) is 53.3. The maximum atomic E-state index is 12.9. The molecule has 0 N–H and O–H groups in total. The highest BCUT2D eigenvalue weighted by Gasteiger charge is 2.19. The molecule has 67 heavy (non-hydrogen) atoms. The Morgan fingerprint density at radius 1 is 0.299 bits per heavy atom. The first-order chi connectivity index (χ1) is 33.0. The summed E-state index contributed by atoms with van der Waals surface area (Å²) in [5.41, 5.74) is 0. The third kappa shape index (κ3) is 53.9. The molecule has 0 aliphatic carbocycles. The summed E-state index contributed by atoms with van der Waals surface area (Å²) in [5.74, 6) is -0.937. The predicted molar refractivity (Wildman–Crippen MR) is 288 cm³/mol. The quantitative estimate of drug-likeness (QED) is 0.0262. The van der Waals surface area contributed by atoms with Crippen LogP contribution < -0.4 is 0 Å². The lowest BCUT2D eigenvalue weighted by Gasteiger charge is -2.18. The van der Waals surface area contributed by atoms with Crippen LogP contribution >= 0.6 is 0 Å². The van der Waals surface area contributed by atoms with Crippen molar-refractivity contribution >= 4 is 17.9 Å². The van der Waals surface area contributed by atoms with E-state index in [0.29, 0.717) is 19.3 Å². The molecule has 0 aromatic carbocycles. The topological polar surface area (TPSA) is 78.9 Å². The van der Waals surface area contributed by atoms with Gasteiger partial charge in [0.2, 0.25) is 0 Å². The van der Waals surface area contributed by atoms with Crippen LogP contribution in [-0.4, -0.2) is 37.2 Å². The average Bonchev–Trinajstić information content (AvgIpc) is 3.33. The number of carbonyl (C=O) groups is 3. The zero-order chi connectivity index (χ0) is 48.6. The van der Waals surface area contributed by atoms with Gasteiger partial charge in [0.25, 0.3) is 0 Å². The first-order valence-electron chi connectivity index (χ1n) is 28.8. The first kappa shape index (κ1) is 64.1. The van der Waals surface area contributed by atoms with E-state index < -0.39 is 6.10 Å². The fourth-order valence-corrected chi connectivity index (χ4v) is 8.14. The molecule has 0 saturated heterocycles. The Bertz CT molecular complexity index is 1210. The van der Waals surface area contributed by atoms with Gasteiger partial charge in [-0.15, -0.1) is 0 Å². The molecule has 0 radical (unpaired) electrons. The second-order valence-electron chi connectivity index (χ2n) is 19.2. The molecule has 0 aliphatic heterocycles. The van der Waals surface area contributed by atoms with Crippen LogP contribution in [0.2, 0.25) is 0 Å². The molecule has 6 heteroatoms. The largest absolute Gasteiger partial charge is 0.462 e.